The fourth-order valence-corrected chi connectivity index (χ4v) is 8.79. The van der Waals surface area contributed by atoms with Crippen LogP contribution in [0.15, 0.2) is 109 Å². The number of likely N-dealkylation sites (N-methyl/N-ethyl adjacent to an activating group) is 1. The quantitative estimate of drug-likeness (QED) is 0.0205. The summed E-state index contributed by atoms with van der Waals surface area (Å²) in [7, 11) is 1.43. The van der Waals surface area contributed by atoms with E-state index in [2.05, 4.69) is 111 Å². The smallest absolute Gasteiger partial charge is 0.456 e. The van der Waals surface area contributed by atoms with Gasteiger partial charge in [0.15, 0.2) is 0 Å². The minimum atomic E-state index is -4.47. The van der Waals surface area contributed by atoms with Crippen LogP contribution < -0.4 is 5.32 Å². The molecule has 10 heteroatoms. The summed E-state index contributed by atoms with van der Waals surface area (Å²) in [4.78, 5) is 37.6. The van der Waals surface area contributed by atoms with Crippen molar-refractivity contribution >= 4 is 19.7 Å². The highest BCUT2D eigenvalue weighted by Gasteiger charge is 2.30. The van der Waals surface area contributed by atoms with Crippen LogP contribution in [0.2, 0.25) is 0 Å². The Morgan fingerprint density at radius 2 is 0.867 bits per heavy atom. The van der Waals surface area contributed by atoms with Gasteiger partial charge in [-0.1, -0.05) is 233 Å². The first-order chi connectivity index (χ1) is 36.4. The fraction of sp³-hybridized carbons (Fsp3) is 0.692. The SMILES string of the molecule is CC/C=C/C/C=C/C/C=C/C/C=C/C/C=C/CCC(=O)NC(COP(=O)(O)OCC[N+](C)(C)C)C(/C=C/CCCCCCCCCCCC)OC(=O)CCCCCCCCCC/C=C\C/C=C\C/C=C\CCCCC. The van der Waals surface area contributed by atoms with E-state index in [0.29, 0.717) is 17.4 Å². The highest BCUT2D eigenvalue weighted by atomic mass is 31.2. The third-order valence-corrected chi connectivity index (χ3v) is 13.7. The van der Waals surface area contributed by atoms with Crippen molar-refractivity contribution in [2.24, 2.45) is 0 Å². The van der Waals surface area contributed by atoms with Crippen molar-refractivity contribution in [2.75, 3.05) is 40.9 Å². The minimum Gasteiger partial charge on any atom is -0.456 e. The highest BCUT2D eigenvalue weighted by Crippen LogP contribution is 2.43. The number of quaternary nitrogens is 1. The van der Waals surface area contributed by atoms with Gasteiger partial charge in [0.1, 0.15) is 19.3 Å². The van der Waals surface area contributed by atoms with Crippen molar-refractivity contribution in [3.63, 3.8) is 0 Å². The molecule has 0 aliphatic carbocycles. The van der Waals surface area contributed by atoms with Gasteiger partial charge in [0.05, 0.1) is 33.8 Å². The maximum Gasteiger partial charge on any atom is 0.472 e. The van der Waals surface area contributed by atoms with E-state index < -0.39 is 20.0 Å². The third kappa shape index (κ3) is 55.2. The molecular weight excluding hydrogens is 952 g/mol. The average molecular weight is 1070 g/mol. The zero-order valence-corrected chi connectivity index (χ0v) is 49.9. The number of hydrogen-bond donors (Lipinski definition) is 2. The van der Waals surface area contributed by atoms with Crippen LogP contribution in [0.5, 0.6) is 0 Å². The number of allylic oxidation sites excluding steroid dienone is 17. The predicted molar refractivity (Wildman–Crippen MR) is 323 cm³/mol. The van der Waals surface area contributed by atoms with E-state index in [1.165, 1.54) is 103 Å². The molecule has 0 spiro atoms. The van der Waals surface area contributed by atoms with Crippen LogP contribution in [0.4, 0.5) is 0 Å². The number of hydrogen-bond acceptors (Lipinski definition) is 6. The number of carbonyl (C=O) groups excluding carboxylic acids is 2. The lowest BCUT2D eigenvalue weighted by atomic mass is 10.0. The first kappa shape index (κ1) is 71.7. The molecule has 0 aromatic carbocycles. The normalized spacial score (nSPS) is 14.5. The van der Waals surface area contributed by atoms with Gasteiger partial charge in [-0.3, -0.25) is 18.6 Å². The molecule has 0 aromatic rings. The summed E-state index contributed by atoms with van der Waals surface area (Å²) in [5.74, 6) is -0.616. The molecule has 0 bridgehead atoms. The molecule has 0 saturated heterocycles. The monoisotopic (exact) mass is 1070 g/mol. The molecule has 430 valence electrons. The van der Waals surface area contributed by atoms with E-state index in [9.17, 15) is 19.0 Å². The number of rotatable bonds is 53. The Bertz CT molecular complexity index is 1650. The molecule has 0 fully saturated rings. The maximum atomic E-state index is 13.5. The second kappa shape index (κ2) is 54.0. The Balaban J connectivity index is 5.38. The Morgan fingerprint density at radius 3 is 1.33 bits per heavy atom. The Hall–Kier alpha value is -3.33. The van der Waals surface area contributed by atoms with Gasteiger partial charge in [-0.2, -0.15) is 0 Å². The van der Waals surface area contributed by atoms with E-state index in [1.807, 2.05) is 45.4 Å². The molecule has 0 heterocycles. The topological polar surface area (TPSA) is 111 Å². The van der Waals surface area contributed by atoms with Gasteiger partial charge in [0.25, 0.3) is 0 Å². The lowest BCUT2D eigenvalue weighted by Gasteiger charge is -2.27. The number of ether oxygens (including phenoxy) is 1. The van der Waals surface area contributed by atoms with Crippen LogP contribution in [0.1, 0.15) is 239 Å². The number of nitrogens with zero attached hydrogens (tertiary/aromatic N) is 1. The van der Waals surface area contributed by atoms with E-state index in [1.54, 1.807) is 0 Å². The van der Waals surface area contributed by atoms with Crippen molar-refractivity contribution in [2.45, 2.75) is 251 Å². The summed E-state index contributed by atoms with van der Waals surface area (Å²) < 4.78 is 30.6. The molecule has 0 rings (SSSR count). The van der Waals surface area contributed by atoms with Gasteiger partial charge in [-0.05, 0) is 102 Å². The van der Waals surface area contributed by atoms with E-state index in [0.717, 1.165) is 96.3 Å². The zero-order valence-electron chi connectivity index (χ0n) is 49.0. The maximum absolute atomic E-state index is 13.5. The summed E-state index contributed by atoms with van der Waals surface area (Å²) in [5, 5.41) is 3.00. The van der Waals surface area contributed by atoms with E-state index in [4.69, 9.17) is 13.8 Å². The van der Waals surface area contributed by atoms with Crippen LogP contribution >= 0.6 is 7.82 Å². The zero-order chi connectivity index (χ0) is 55.0. The number of carbonyl (C=O) groups is 2. The number of esters is 1. The number of unbranched alkanes of at least 4 members (excludes halogenated alkanes) is 21. The molecule has 1 amide bonds. The summed E-state index contributed by atoms with van der Waals surface area (Å²) in [6, 6.07) is -0.897. The first-order valence-electron chi connectivity index (χ1n) is 30.2. The minimum absolute atomic E-state index is 0.0204. The number of phosphoric ester groups is 1. The highest BCUT2D eigenvalue weighted by molar-refractivity contribution is 7.47. The van der Waals surface area contributed by atoms with Gasteiger partial charge < -0.3 is 19.4 Å². The predicted octanol–water partition coefficient (Wildman–Crippen LogP) is 18.6. The van der Waals surface area contributed by atoms with E-state index in [-0.39, 0.29) is 37.9 Å². The van der Waals surface area contributed by atoms with Crippen LogP contribution in [0, 0.1) is 0 Å². The van der Waals surface area contributed by atoms with Gasteiger partial charge in [0.2, 0.25) is 5.91 Å². The molecule has 9 nitrogen and oxygen atoms in total. The van der Waals surface area contributed by atoms with Gasteiger partial charge in [-0.15, -0.1) is 0 Å². The molecular formula is C65H114N2O7P+. The fourth-order valence-electron chi connectivity index (χ4n) is 8.05. The van der Waals surface area contributed by atoms with Crippen molar-refractivity contribution in [1.29, 1.82) is 0 Å². The van der Waals surface area contributed by atoms with Crippen LogP contribution in [-0.2, 0) is 27.9 Å². The van der Waals surface area contributed by atoms with Gasteiger partial charge in [0, 0.05) is 12.8 Å². The number of amides is 1. The molecule has 0 aliphatic heterocycles. The summed E-state index contributed by atoms with van der Waals surface area (Å²) in [6.45, 7) is 6.79. The Morgan fingerprint density at radius 1 is 0.480 bits per heavy atom. The Kier molecular flexibility index (Phi) is 51.6. The van der Waals surface area contributed by atoms with Crippen LogP contribution in [-0.4, -0.2) is 74.3 Å². The second-order valence-corrected chi connectivity index (χ2v) is 22.6. The van der Waals surface area contributed by atoms with Crippen molar-refractivity contribution in [3.05, 3.63) is 109 Å². The second-order valence-electron chi connectivity index (χ2n) is 21.1. The Labute approximate surface area is 461 Å². The van der Waals surface area contributed by atoms with E-state index >= 15 is 0 Å². The average Bonchev–Trinajstić information content (AvgIpc) is 3.37. The lowest BCUT2D eigenvalue weighted by Crippen LogP contribution is -2.47. The first-order valence-corrected chi connectivity index (χ1v) is 31.7. The van der Waals surface area contributed by atoms with Gasteiger partial charge >= 0.3 is 13.8 Å². The molecule has 0 radical (unpaired) electrons. The number of nitrogens with one attached hydrogen (secondary N) is 1. The molecule has 3 unspecified atom stereocenters. The summed E-state index contributed by atoms with van der Waals surface area (Å²) in [5.41, 5.74) is 0. The third-order valence-electron chi connectivity index (χ3n) is 12.7. The molecule has 0 aromatic heterocycles. The molecule has 75 heavy (non-hydrogen) atoms. The van der Waals surface area contributed by atoms with Crippen LogP contribution in [0.25, 0.3) is 0 Å². The van der Waals surface area contributed by atoms with Crippen molar-refractivity contribution in [3.8, 4) is 0 Å². The standard InChI is InChI=1S/C65H113N2O7P/c1-7-10-13-16-19-22-25-28-30-32-33-34-35-36-38-40-43-46-49-52-55-58-65(69)74-63(56-53-50-47-44-41-27-24-21-18-15-12-9-3)62(61-73-75(70,71)72-60-59-67(4,5)6)66-64(68)57-54-51-48-45-42-39-37-31-29-26-23-20-17-14-11-8-2/h11,14,19-20,22-23,28-31,33-34,39,42,48,51,53,56,62-63H,7-10,12-13,15-18,21,24-27,32,35-38,40-41,43-47,49-50,52,54-55,57-61H2,1-6H3,(H-,66,68,70,71)/p+1/b14-11+,22-19-,23-20+,30-28-,31-29+,34-33-,42-39+,51-48+,56-53+. The molecule has 0 saturated carbocycles. The summed E-state index contributed by atoms with van der Waals surface area (Å²) in [6.07, 6.45) is 73.9. The van der Waals surface area contributed by atoms with Crippen LogP contribution in [0.3, 0.4) is 0 Å². The molecule has 2 N–H and O–H groups in total. The number of phosphoric acid groups is 1. The molecule has 3 atom stereocenters. The van der Waals surface area contributed by atoms with Crippen molar-refractivity contribution in [1.82, 2.24) is 5.32 Å². The van der Waals surface area contributed by atoms with Gasteiger partial charge in [-0.25, -0.2) is 4.57 Å². The van der Waals surface area contributed by atoms with Crippen molar-refractivity contribution < 1.29 is 37.3 Å². The summed E-state index contributed by atoms with van der Waals surface area (Å²) >= 11 is 0. The largest absolute Gasteiger partial charge is 0.472 e. The molecule has 0 aliphatic rings. The lowest BCUT2D eigenvalue weighted by molar-refractivity contribution is -0.870.